The van der Waals surface area contributed by atoms with E-state index >= 15 is 0 Å². The Labute approximate surface area is 172 Å². The van der Waals surface area contributed by atoms with Crippen molar-refractivity contribution in [1.29, 1.82) is 5.26 Å². The molecule has 2 rings (SSSR count). The molecule has 3 atom stereocenters. The summed E-state index contributed by atoms with van der Waals surface area (Å²) >= 11 is 0. The number of aryl methyl sites for hydroxylation is 1. The molecule has 0 saturated carbocycles. The molecule has 28 heavy (non-hydrogen) atoms. The number of hydrogen-bond donors (Lipinski definition) is 1. The second-order valence-electron chi connectivity index (χ2n) is 8.52. The van der Waals surface area contributed by atoms with Crippen LogP contribution in [0.3, 0.4) is 0 Å². The van der Waals surface area contributed by atoms with E-state index in [0.29, 0.717) is 4.90 Å². The van der Waals surface area contributed by atoms with Crippen molar-refractivity contribution in [3.8, 4) is 6.07 Å². The highest BCUT2D eigenvalue weighted by Crippen LogP contribution is 2.40. The van der Waals surface area contributed by atoms with E-state index in [1.807, 2.05) is 61.5 Å². The lowest BCUT2D eigenvalue weighted by molar-refractivity contribution is 0.166. The first kappa shape index (κ1) is 22.5. The molecule has 1 N–H and O–H groups in total. The zero-order valence-corrected chi connectivity index (χ0v) is 19.3. The predicted octanol–water partition coefficient (Wildman–Crippen LogP) is 5.26. The number of rotatable bonds is 7. The van der Waals surface area contributed by atoms with Crippen molar-refractivity contribution < 1.29 is 8.63 Å². The summed E-state index contributed by atoms with van der Waals surface area (Å²) in [6, 6.07) is 18.7. The van der Waals surface area contributed by atoms with Crippen molar-refractivity contribution >= 4 is 19.3 Å². The molecule has 0 heterocycles. The van der Waals surface area contributed by atoms with E-state index in [9.17, 15) is 9.47 Å². The van der Waals surface area contributed by atoms with Crippen LogP contribution >= 0.6 is 0 Å². The number of nitrogens with one attached hydrogen (secondary N) is 1. The van der Waals surface area contributed by atoms with Crippen LogP contribution in [0, 0.1) is 18.3 Å². The van der Waals surface area contributed by atoms with E-state index in [4.69, 9.17) is 4.43 Å². The first-order valence-corrected chi connectivity index (χ1v) is 13.5. The van der Waals surface area contributed by atoms with Gasteiger partial charge in [0.25, 0.3) is 0 Å². The molecule has 2 aromatic carbocycles. The fraction of sp³-hybridized carbons (Fsp3) is 0.409. The van der Waals surface area contributed by atoms with Crippen LogP contribution < -0.4 is 4.72 Å². The zero-order chi connectivity index (χ0) is 20.9. The molecule has 0 unspecified atom stereocenters. The van der Waals surface area contributed by atoms with Gasteiger partial charge in [-0.25, -0.2) is 8.93 Å². The minimum Gasteiger partial charge on any atom is -0.407 e. The lowest BCUT2D eigenvalue weighted by atomic mass is 10.0. The van der Waals surface area contributed by atoms with E-state index in [1.54, 1.807) is 0 Å². The standard InChI is InChI=1S/C22H30N2O2SSi/c1-17-12-14-19(15-13-17)27(25)24-20(16-23)21(18-10-8-7-9-11-18)26-28(5,6)22(2,3)4/h7-15,20-21,24H,1-6H3/t20-,21-,27+/m1/s1. The highest BCUT2D eigenvalue weighted by atomic mass is 32.2. The minimum atomic E-state index is -2.16. The Balaban J connectivity index is 2.33. The summed E-state index contributed by atoms with van der Waals surface area (Å²) in [4.78, 5) is 0.644. The Morgan fingerprint density at radius 3 is 2.14 bits per heavy atom. The van der Waals surface area contributed by atoms with Crippen LogP contribution in [0.1, 0.15) is 38.0 Å². The van der Waals surface area contributed by atoms with E-state index in [1.165, 1.54) is 0 Å². The molecule has 0 aliphatic heterocycles. The first-order valence-electron chi connectivity index (χ1n) is 9.42. The molecule has 0 amide bonds. The maximum Gasteiger partial charge on any atom is 0.193 e. The van der Waals surface area contributed by atoms with Crippen molar-refractivity contribution in [3.05, 3.63) is 65.7 Å². The quantitative estimate of drug-likeness (QED) is 0.628. The fourth-order valence-electron chi connectivity index (χ4n) is 2.47. The topological polar surface area (TPSA) is 62.1 Å². The van der Waals surface area contributed by atoms with Crippen molar-refractivity contribution in [2.75, 3.05) is 0 Å². The fourth-order valence-corrected chi connectivity index (χ4v) is 4.65. The normalized spacial score (nSPS) is 15.5. The molecule has 6 heteroatoms. The molecule has 0 fully saturated rings. The maximum atomic E-state index is 12.8. The average Bonchev–Trinajstić information content (AvgIpc) is 2.64. The SMILES string of the molecule is Cc1ccc([S@](=O)N[C@H](C#N)[C@H](O[Si](C)(C)C(C)(C)C)c2ccccc2)cc1. The van der Waals surface area contributed by atoms with Gasteiger partial charge in [-0.3, -0.25) is 0 Å². The van der Waals surface area contributed by atoms with Gasteiger partial charge >= 0.3 is 0 Å². The third kappa shape index (κ3) is 5.61. The van der Waals surface area contributed by atoms with E-state index in [0.717, 1.165) is 11.1 Å². The minimum absolute atomic E-state index is 0.00382. The largest absolute Gasteiger partial charge is 0.407 e. The van der Waals surface area contributed by atoms with Crippen LogP contribution in [0.5, 0.6) is 0 Å². The Kier molecular flexibility index (Phi) is 7.35. The van der Waals surface area contributed by atoms with Crippen molar-refractivity contribution in [2.24, 2.45) is 0 Å². The second-order valence-corrected chi connectivity index (χ2v) is 14.5. The molecule has 0 bridgehead atoms. The Morgan fingerprint density at radius 1 is 1.07 bits per heavy atom. The highest BCUT2D eigenvalue weighted by molar-refractivity contribution is 7.83. The summed E-state index contributed by atoms with van der Waals surface area (Å²) in [6.45, 7) is 12.8. The summed E-state index contributed by atoms with van der Waals surface area (Å²) in [7, 11) is -3.66. The Morgan fingerprint density at radius 2 is 1.64 bits per heavy atom. The molecule has 0 aromatic heterocycles. The van der Waals surface area contributed by atoms with Crippen LogP contribution in [0.2, 0.25) is 18.1 Å². The number of nitrogens with zero attached hydrogens (tertiary/aromatic N) is 1. The molecule has 0 aliphatic rings. The van der Waals surface area contributed by atoms with Crippen LogP contribution in [-0.2, 0) is 15.4 Å². The maximum absolute atomic E-state index is 12.8. The van der Waals surface area contributed by atoms with Gasteiger partial charge < -0.3 is 4.43 Å². The van der Waals surface area contributed by atoms with Gasteiger partial charge in [0.15, 0.2) is 8.32 Å². The monoisotopic (exact) mass is 414 g/mol. The Bertz CT molecular complexity index is 840. The number of benzene rings is 2. The van der Waals surface area contributed by atoms with E-state index in [-0.39, 0.29) is 5.04 Å². The summed E-state index contributed by atoms with van der Waals surface area (Å²) < 4.78 is 22.4. The molecule has 0 aliphatic carbocycles. The lowest BCUT2D eigenvalue weighted by Gasteiger charge is -2.40. The Hall–Kier alpha value is -1.78. The van der Waals surface area contributed by atoms with Crippen molar-refractivity contribution in [2.45, 2.75) is 62.9 Å². The van der Waals surface area contributed by atoms with Crippen LogP contribution in [0.25, 0.3) is 0 Å². The molecule has 2 aromatic rings. The molecule has 150 valence electrons. The molecule has 0 saturated heterocycles. The van der Waals surface area contributed by atoms with Gasteiger partial charge in [0, 0.05) is 0 Å². The van der Waals surface area contributed by atoms with Gasteiger partial charge in [0.1, 0.15) is 23.1 Å². The van der Waals surface area contributed by atoms with E-state index < -0.39 is 31.4 Å². The van der Waals surface area contributed by atoms with Gasteiger partial charge in [-0.15, -0.1) is 0 Å². The molecule has 0 spiro atoms. The van der Waals surface area contributed by atoms with Gasteiger partial charge in [-0.05, 0) is 42.8 Å². The summed E-state index contributed by atoms with van der Waals surface area (Å²) in [6.07, 6.45) is -0.499. The third-order valence-corrected chi connectivity index (χ3v) is 10.9. The predicted molar refractivity (Wildman–Crippen MR) is 118 cm³/mol. The van der Waals surface area contributed by atoms with E-state index in [2.05, 4.69) is 44.7 Å². The average molecular weight is 415 g/mol. The summed E-state index contributed by atoms with van der Waals surface area (Å²) in [5.74, 6) is 0. The summed E-state index contributed by atoms with van der Waals surface area (Å²) in [5.41, 5.74) is 2.01. The van der Waals surface area contributed by atoms with Gasteiger partial charge in [0.05, 0.1) is 11.0 Å². The third-order valence-electron chi connectivity index (χ3n) is 5.27. The first-order chi connectivity index (χ1) is 13.0. The lowest BCUT2D eigenvalue weighted by Crippen LogP contribution is -2.46. The molecule has 4 nitrogen and oxygen atoms in total. The van der Waals surface area contributed by atoms with Gasteiger partial charge in [-0.1, -0.05) is 68.8 Å². The molecule has 0 radical (unpaired) electrons. The smallest absolute Gasteiger partial charge is 0.193 e. The van der Waals surface area contributed by atoms with Crippen LogP contribution in [0.15, 0.2) is 59.5 Å². The molecular formula is C22H30N2O2SSi. The van der Waals surface area contributed by atoms with Gasteiger partial charge in [0.2, 0.25) is 0 Å². The zero-order valence-electron chi connectivity index (χ0n) is 17.5. The highest BCUT2D eigenvalue weighted by Gasteiger charge is 2.41. The number of hydrogen-bond acceptors (Lipinski definition) is 3. The van der Waals surface area contributed by atoms with Gasteiger partial charge in [-0.2, -0.15) is 5.26 Å². The van der Waals surface area contributed by atoms with Crippen LogP contribution in [0.4, 0.5) is 0 Å². The van der Waals surface area contributed by atoms with Crippen molar-refractivity contribution in [1.82, 2.24) is 4.72 Å². The second kappa shape index (κ2) is 9.14. The summed E-state index contributed by atoms with van der Waals surface area (Å²) in [5, 5.41) is 9.88. The molecular weight excluding hydrogens is 384 g/mol. The number of nitriles is 1. The van der Waals surface area contributed by atoms with Crippen LogP contribution in [-0.4, -0.2) is 18.6 Å². The van der Waals surface area contributed by atoms with Crippen molar-refractivity contribution in [3.63, 3.8) is 0 Å².